The van der Waals surface area contributed by atoms with Gasteiger partial charge in [-0.1, -0.05) is 38.3 Å². The number of hydrogen-bond donors (Lipinski definition) is 1. The van der Waals surface area contributed by atoms with Crippen LogP contribution in [0.2, 0.25) is 0 Å². The molecule has 1 N–H and O–H groups in total. The smallest absolute Gasteiger partial charge is 0.222 e. The van der Waals surface area contributed by atoms with Crippen molar-refractivity contribution in [3.8, 4) is 0 Å². The van der Waals surface area contributed by atoms with Crippen LogP contribution in [-0.2, 0) is 4.79 Å². The molecule has 1 aromatic rings. The summed E-state index contributed by atoms with van der Waals surface area (Å²) in [6, 6.07) is 0. The van der Waals surface area contributed by atoms with Crippen LogP contribution in [0.3, 0.4) is 0 Å². The van der Waals surface area contributed by atoms with E-state index < -0.39 is 0 Å². The van der Waals surface area contributed by atoms with E-state index in [-0.39, 0.29) is 17.2 Å². The van der Waals surface area contributed by atoms with Gasteiger partial charge in [-0.2, -0.15) is 5.21 Å². The van der Waals surface area contributed by atoms with Gasteiger partial charge in [0.1, 0.15) is 0 Å². The molecular weight excluding hydrogens is 254 g/mol. The van der Waals surface area contributed by atoms with Gasteiger partial charge < -0.3 is 4.90 Å². The van der Waals surface area contributed by atoms with Crippen molar-refractivity contribution in [3.63, 3.8) is 0 Å². The Kier molecular flexibility index (Phi) is 4.73. The van der Waals surface area contributed by atoms with Crippen LogP contribution in [0.25, 0.3) is 0 Å². The summed E-state index contributed by atoms with van der Waals surface area (Å²) >= 11 is 0. The molecule has 1 saturated carbocycles. The third-order valence-corrected chi connectivity index (χ3v) is 4.41. The second kappa shape index (κ2) is 6.33. The molecule has 0 spiro atoms. The number of carbonyl (C=O) groups excluding carboxylic acids is 1. The Morgan fingerprint density at radius 3 is 2.70 bits per heavy atom. The molecule has 6 heteroatoms. The Morgan fingerprint density at radius 1 is 1.40 bits per heavy atom. The van der Waals surface area contributed by atoms with Crippen molar-refractivity contribution in [2.24, 2.45) is 5.41 Å². The average molecular weight is 279 g/mol. The average Bonchev–Trinajstić information content (AvgIpc) is 2.92. The lowest BCUT2D eigenvalue weighted by Crippen LogP contribution is -2.35. The molecule has 112 valence electrons. The predicted octanol–water partition coefficient (Wildman–Crippen LogP) is 2.12. The van der Waals surface area contributed by atoms with E-state index in [4.69, 9.17) is 0 Å². The summed E-state index contributed by atoms with van der Waals surface area (Å²) in [7, 11) is 1.87. The van der Waals surface area contributed by atoms with E-state index in [2.05, 4.69) is 27.5 Å². The molecule has 1 amide bonds. The lowest BCUT2D eigenvalue weighted by Gasteiger charge is -2.34. The van der Waals surface area contributed by atoms with Gasteiger partial charge in [-0.3, -0.25) is 4.79 Å². The first-order valence-electron chi connectivity index (χ1n) is 7.47. The third kappa shape index (κ3) is 3.77. The highest BCUT2D eigenvalue weighted by Gasteiger charge is 2.30. The van der Waals surface area contributed by atoms with Crippen molar-refractivity contribution in [1.29, 1.82) is 0 Å². The van der Waals surface area contributed by atoms with Crippen molar-refractivity contribution in [3.05, 3.63) is 5.82 Å². The monoisotopic (exact) mass is 279 g/mol. The van der Waals surface area contributed by atoms with Crippen molar-refractivity contribution in [2.75, 3.05) is 13.6 Å². The second-order valence-corrected chi connectivity index (χ2v) is 6.49. The molecule has 0 saturated heterocycles. The van der Waals surface area contributed by atoms with E-state index in [0.29, 0.717) is 18.8 Å². The fraction of sp³-hybridized carbons (Fsp3) is 0.857. The zero-order chi connectivity index (χ0) is 14.6. The standard InChI is InChI=1S/C14H25N5O/c1-11(13-15-17-18-16-13)10-19(3)12(20)9-14(2)7-5-4-6-8-14/h11H,4-10H2,1-3H3,(H,15,16,17,18). The highest BCUT2D eigenvalue weighted by Crippen LogP contribution is 2.39. The summed E-state index contributed by atoms with van der Waals surface area (Å²) in [5.41, 5.74) is 0.193. The normalized spacial score (nSPS) is 19.6. The van der Waals surface area contributed by atoms with E-state index in [0.717, 1.165) is 0 Å². The fourth-order valence-corrected chi connectivity index (χ4v) is 3.05. The summed E-state index contributed by atoms with van der Waals surface area (Å²) in [5.74, 6) is 0.986. The summed E-state index contributed by atoms with van der Waals surface area (Å²) in [5, 5.41) is 14.0. The Balaban J connectivity index is 1.85. The van der Waals surface area contributed by atoms with Gasteiger partial charge in [0.15, 0.2) is 5.82 Å². The van der Waals surface area contributed by atoms with Gasteiger partial charge in [-0.05, 0) is 18.3 Å². The number of hydrogen-bond acceptors (Lipinski definition) is 4. The number of aromatic amines is 1. The first-order valence-corrected chi connectivity index (χ1v) is 7.47. The van der Waals surface area contributed by atoms with E-state index >= 15 is 0 Å². The van der Waals surface area contributed by atoms with Crippen LogP contribution in [0.4, 0.5) is 0 Å². The van der Waals surface area contributed by atoms with Gasteiger partial charge in [0.2, 0.25) is 5.91 Å². The highest BCUT2D eigenvalue weighted by molar-refractivity contribution is 5.76. The van der Waals surface area contributed by atoms with Crippen LogP contribution < -0.4 is 0 Å². The molecule has 20 heavy (non-hydrogen) atoms. The van der Waals surface area contributed by atoms with Crippen molar-refractivity contribution < 1.29 is 4.79 Å². The Morgan fingerprint density at radius 2 is 2.10 bits per heavy atom. The van der Waals surface area contributed by atoms with Crippen LogP contribution >= 0.6 is 0 Å². The van der Waals surface area contributed by atoms with Gasteiger partial charge in [0, 0.05) is 25.9 Å². The summed E-state index contributed by atoms with van der Waals surface area (Å²) in [4.78, 5) is 14.2. The maximum Gasteiger partial charge on any atom is 0.222 e. The molecule has 1 fully saturated rings. The zero-order valence-electron chi connectivity index (χ0n) is 12.7. The Bertz CT molecular complexity index is 425. The van der Waals surface area contributed by atoms with Crippen LogP contribution in [0.5, 0.6) is 0 Å². The van der Waals surface area contributed by atoms with Crippen LogP contribution in [-0.4, -0.2) is 45.0 Å². The first kappa shape index (κ1) is 14.9. The number of nitrogens with one attached hydrogen (secondary N) is 1. The molecule has 1 aliphatic rings. The molecule has 1 atom stereocenters. The number of amides is 1. The molecule has 0 aromatic carbocycles. The number of rotatable bonds is 5. The van der Waals surface area contributed by atoms with Gasteiger partial charge in [-0.15, -0.1) is 10.2 Å². The summed E-state index contributed by atoms with van der Waals surface area (Å²) in [6.45, 7) is 4.89. The quantitative estimate of drug-likeness (QED) is 0.896. The number of nitrogens with zero attached hydrogens (tertiary/aromatic N) is 4. The Hall–Kier alpha value is -1.46. The molecule has 2 rings (SSSR count). The molecule has 0 bridgehead atoms. The molecular formula is C14H25N5O. The van der Waals surface area contributed by atoms with E-state index in [9.17, 15) is 4.79 Å². The molecule has 1 aromatic heterocycles. The molecule has 6 nitrogen and oxygen atoms in total. The minimum Gasteiger partial charge on any atom is -0.345 e. The number of H-pyrrole nitrogens is 1. The third-order valence-electron chi connectivity index (χ3n) is 4.41. The van der Waals surface area contributed by atoms with Crippen LogP contribution in [0.1, 0.15) is 64.1 Å². The molecule has 1 unspecified atom stereocenters. The molecule has 0 radical (unpaired) electrons. The zero-order valence-corrected chi connectivity index (χ0v) is 12.7. The van der Waals surface area contributed by atoms with Crippen LogP contribution in [0, 0.1) is 5.41 Å². The number of aromatic nitrogens is 4. The Labute approximate surface area is 120 Å². The van der Waals surface area contributed by atoms with E-state index in [1.54, 1.807) is 4.90 Å². The molecule has 0 aliphatic heterocycles. The van der Waals surface area contributed by atoms with Gasteiger partial charge in [0.25, 0.3) is 0 Å². The lowest BCUT2D eigenvalue weighted by molar-refractivity contribution is -0.132. The van der Waals surface area contributed by atoms with Crippen molar-refractivity contribution >= 4 is 5.91 Å². The molecule has 1 heterocycles. The largest absolute Gasteiger partial charge is 0.345 e. The first-order chi connectivity index (χ1) is 9.50. The van der Waals surface area contributed by atoms with E-state index in [1.807, 2.05) is 14.0 Å². The predicted molar refractivity (Wildman–Crippen MR) is 76.0 cm³/mol. The minimum atomic E-state index is 0.0989. The topological polar surface area (TPSA) is 74.8 Å². The SMILES string of the molecule is CC(CN(C)C(=O)CC1(C)CCCCC1)c1nn[nH]n1. The van der Waals surface area contributed by atoms with Gasteiger partial charge in [-0.25, -0.2) is 0 Å². The number of carbonyl (C=O) groups is 1. The lowest BCUT2D eigenvalue weighted by atomic mass is 9.73. The number of likely N-dealkylation sites (N-methyl/N-ethyl adjacent to an activating group) is 1. The maximum absolute atomic E-state index is 12.4. The van der Waals surface area contributed by atoms with Gasteiger partial charge >= 0.3 is 0 Å². The van der Waals surface area contributed by atoms with Gasteiger partial charge in [0.05, 0.1) is 0 Å². The summed E-state index contributed by atoms with van der Waals surface area (Å²) in [6.07, 6.45) is 6.83. The van der Waals surface area contributed by atoms with E-state index in [1.165, 1.54) is 32.1 Å². The van der Waals surface area contributed by atoms with Crippen molar-refractivity contribution in [2.45, 2.75) is 58.3 Å². The highest BCUT2D eigenvalue weighted by atomic mass is 16.2. The summed E-state index contributed by atoms with van der Waals surface area (Å²) < 4.78 is 0. The molecule has 1 aliphatic carbocycles. The van der Waals surface area contributed by atoms with Crippen LogP contribution in [0.15, 0.2) is 0 Å². The second-order valence-electron chi connectivity index (χ2n) is 6.49. The maximum atomic E-state index is 12.4. The number of tetrazole rings is 1. The fourth-order valence-electron chi connectivity index (χ4n) is 3.05. The van der Waals surface area contributed by atoms with Crippen molar-refractivity contribution in [1.82, 2.24) is 25.5 Å². The minimum absolute atomic E-state index is 0.0989.